The van der Waals surface area contributed by atoms with Crippen molar-refractivity contribution in [1.82, 2.24) is 4.98 Å². The molecule has 0 atom stereocenters. The normalized spacial score (nSPS) is 12.3. The van der Waals surface area contributed by atoms with Gasteiger partial charge in [0.15, 0.2) is 4.34 Å². The maximum Gasteiger partial charge on any atom is 0.313 e. The molecule has 1 aromatic carbocycles. The van der Waals surface area contributed by atoms with E-state index in [1.165, 1.54) is 22.2 Å². The van der Waals surface area contributed by atoms with Gasteiger partial charge in [0.1, 0.15) is 0 Å². The van der Waals surface area contributed by atoms with Crippen molar-refractivity contribution < 1.29 is 9.90 Å². The largest absolute Gasteiger partial charge is 0.481 e. The highest BCUT2D eigenvalue weighted by molar-refractivity contribution is 8.01. The van der Waals surface area contributed by atoms with Crippen molar-refractivity contribution in [2.75, 3.05) is 5.75 Å². The van der Waals surface area contributed by atoms with Crippen molar-refractivity contribution in [3.63, 3.8) is 0 Å². The minimum atomic E-state index is -0.817. The average Bonchev–Trinajstić information content (AvgIpc) is 2.82. The number of aliphatic carboxylic acids is 1. The van der Waals surface area contributed by atoms with Crippen molar-refractivity contribution in [2.45, 2.75) is 10.8 Å². The number of thioether (sulfide) groups is 1. The molecule has 18 heavy (non-hydrogen) atoms. The van der Waals surface area contributed by atoms with E-state index in [1.807, 2.05) is 18.2 Å². The summed E-state index contributed by atoms with van der Waals surface area (Å²) < 4.78 is 0.822. The van der Waals surface area contributed by atoms with E-state index in [4.69, 9.17) is 16.7 Å². The monoisotopic (exact) mass is 297 g/mol. The molecular formula is C12H8ClNO2S2. The first-order chi connectivity index (χ1) is 8.63. The Bertz CT molecular complexity index is 639. The van der Waals surface area contributed by atoms with Crippen molar-refractivity contribution in [3.8, 4) is 11.3 Å². The van der Waals surface area contributed by atoms with Gasteiger partial charge in [-0.2, -0.15) is 0 Å². The van der Waals surface area contributed by atoms with Crippen molar-refractivity contribution in [1.29, 1.82) is 0 Å². The maximum atomic E-state index is 10.5. The molecule has 3 nitrogen and oxygen atoms in total. The lowest BCUT2D eigenvalue weighted by Crippen LogP contribution is -1.97. The Labute approximate surface area is 117 Å². The Kier molecular flexibility index (Phi) is 3.05. The molecule has 0 saturated heterocycles. The van der Waals surface area contributed by atoms with Crippen LogP contribution in [0, 0.1) is 0 Å². The first-order valence-electron chi connectivity index (χ1n) is 5.26. The maximum absolute atomic E-state index is 10.5. The summed E-state index contributed by atoms with van der Waals surface area (Å²) in [5, 5.41) is 9.39. The fraction of sp³-hybridized carbons (Fsp3) is 0.167. The number of fused-ring (bicyclic) bond motifs is 3. The van der Waals surface area contributed by atoms with Crippen LogP contribution in [0.3, 0.4) is 0 Å². The summed E-state index contributed by atoms with van der Waals surface area (Å²) in [5.74, 6) is -0.762. The van der Waals surface area contributed by atoms with Gasteiger partial charge in [-0.1, -0.05) is 29.4 Å². The van der Waals surface area contributed by atoms with Gasteiger partial charge < -0.3 is 5.11 Å². The van der Waals surface area contributed by atoms with E-state index in [0.29, 0.717) is 0 Å². The van der Waals surface area contributed by atoms with Crippen LogP contribution in [0.4, 0.5) is 0 Å². The molecule has 1 N–H and O–H groups in total. The Balaban J connectivity index is 1.91. The molecule has 0 aliphatic heterocycles. The van der Waals surface area contributed by atoms with Gasteiger partial charge >= 0.3 is 5.97 Å². The molecule has 1 aliphatic carbocycles. The molecule has 0 unspecified atom stereocenters. The standard InChI is InChI=1S/C12H8ClNO2S2/c13-7-1-2-8-6(3-7)4-9-11(8)14-12(18-9)17-5-10(15)16/h1-3H,4-5H2,(H,15,16). The lowest BCUT2D eigenvalue weighted by molar-refractivity contribution is -0.133. The Morgan fingerprint density at radius 2 is 2.39 bits per heavy atom. The number of halogens is 1. The number of benzene rings is 1. The highest BCUT2D eigenvalue weighted by atomic mass is 35.5. The number of carboxylic acid groups (broad SMARTS) is 1. The highest BCUT2D eigenvalue weighted by Crippen LogP contribution is 2.42. The van der Waals surface area contributed by atoms with Gasteiger partial charge in [0.05, 0.1) is 11.4 Å². The second-order valence-corrected chi connectivity index (χ2v) is 6.65. The summed E-state index contributed by atoms with van der Waals surface area (Å²) in [6.07, 6.45) is 0.844. The molecule has 0 fully saturated rings. The number of hydrogen-bond donors (Lipinski definition) is 1. The first-order valence-corrected chi connectivity index (χ1v) is 7.44. The molecule has 92 valence electrons. The fourth-order valence-electron chi connectivity index (χ4n) is 1.96. The van der Waals surface area contributed by atoms with E-state index in [-0.39, 0.29) is 5.75 Å². The molecule has 6 heteroatoms. The summed E-state index contributed by atoms with van der Waals surface area (Å²) in [6, 6.07) is 5.81. The Hall–Kier alpha value is -1.04. The van der Waals surface area contributed by atoms with Crippen molar-refractivity contribution >= 4 is 40.7 Å². The van der Waals surface area contributed by atoms with E-state index in [2.05, 4.69) is 4.98 Å². The highest BCUT2D eigenvalue weighted by Gasteiger charge is 2.23. The van der Waals surface area contributed by atoms with E-state index >= 15 is 0 Å². The molecule has 0 bridgehead atoms. The summed E-state index contributed by atoms with van der Waals surface area (Å²) in [6.45, 7) is 0. The molecule has 0 radical (unpaired) electrons. The van der Waals surface area contributed by atoms with Crippen molar-refractivity contribution in [3.05, 3.63) is 33.7 Å². The molecule has 1 aromatic heterocycles. The number of rotatable bonds is 3. The predicted octanol–water partition coefficient (Wildman–Crippen LogP) is 3.54. The third-order valence-corrected chi connectivity index (χ3v) is 5.09. The molecule has 1 aliphatic rings. The van der Waals surface area contributed by atoms with Gasteiger partial charge in [0, 0.05) is 21.9 Å². The summed E-state index contributed by atoms with van der Waals surface area (Å²) >= 11 is 8.81. The van der Waals surface area contributed by atoms with Crippen LogP contribution in [0.1, 0.15) is 10.4 Å². The molecule has 2 aromatic rings. The molecule has 0 amide bonds. The SMILES string of the molecule is O=C(O)CSc1nc2c(s1)Cc1cc(Cl)ccc1-2. The molecule has 3 rings (SSSR count). The van der Waals surface area contributed by atoms with Gasteiger partial charge in [0.2, 0.25) is 0 Å². The van der Waals surface area contributed by atoms with Crippen LogP contribution in [0.15, 0.2) is 22.5 Å². The van der Waals surface area contributed by atoms with Crippen LogP contribution in [-0.2, 0) is 11.2 Å². The molecule has 1 heterocycles. The molecule has 0 saturated carbocycles. The van der Waals surface area contributed by atoms with E-state index < -0.39 is 5.97 Å². The van der Waals surface area contributed by atoms with Crippen molar-refractivity contribution in [2.24, 2.45) is 0 Å². The van der Waals surface area contributed by atoms with E-state index in [9.17, 15) is 4.79 Å². The number of aromatic nitrogens is 1. The van der Waals surface area contributed by atoms with Gasteiger partial charge in [0.25, 0.3) is 0 Å². The predicted molar refractivity (Wildman–Crippen MR) is 73.7 cm³/mol. The van der Waals surface area contributed by atoms with Crippen LogP contribution in [0.2, 0.25) is 5.02 Å². The average molecular weight is 298 g/mol. The number of carbonyl (C=O) groups is 1. The molecular weight excluding hydrogens is 290 g/mol. The van der Waals surface area contributed by atoms with Crippen LogP contribution in [0.5, 0.6) is 0 Å². The molecule has 0 spiro atoms. The minimum absolute atomic E-state index is 0.0554. The zero-order valence-corrected chi connectivity index (χ0v) is 11.5. The zero-order valence-electron chi connectivity index (χ0n) is 9.14. The van der Waals surface area contributed by atoms with Crippen LogP contribution in [-0.4, -0.2) is 21.8 Å². The second-order valence-electron chi connectivity index (χ2n) is 3.91. The number of hydrogen-bond acceptors (Lipinski definition) is 4. The number of carboxylic acids is 1. The van der Waals surface area contributed by atoms with Crippen LogP contribution >= 0.6 is 34.7 Å². The summed E-state index contributed by atoms with van der Waals surface area (Å²) in [4.78, 5) is 16.2. The number of nitrogens with zero attached hydrogens (tertiary/aromatic N) is 1. The van der Waals surface area contributed by atoms with E-state index in [0.717, 1.165) is 27.0 Å². The summed E-state index contributed by atoms with van der Waals surface area (Å²) in [5.41, 5.74) is 3.30. The van der Waals surface area contributed by atoms with Gasteiger partial charge in [-0.15, -0.1) is 11.3 Å². The quantitative estimate of drug-likeness (QED) is 0.751. The Morgan fingerprint density at radius 3 is 3.17 bits per heavy atom. The minimum Gasteiger partial charge on any atom is -0.481 e. The third kappa shape index (κ3) is 2.13. The lowest BCUT2D eigenvalue weighted by atomic mass is 10.1. The fourth-order valence-corrected chi connectivity index (χ4v) is 4.10. The van der Waals surface area contributed by atoms with Gasteiger partial charge in [-0.05, 0) is 17.7 Å². The lowest BCUT2D eigenvalue weighted by Gasteiger charge is -1.99. The van der Waals surface area contributed by atoms with E-state index in [1.54, 1.807) is 11.3 Å². The number of thiazole rings is 1. The first kappa shape index (κ1) is 12.0. The third-order valence-electron chi connectivity index (χ3n) is 2.67. The zero-order chi connectivity index (χ0) is 12.7. The van der Waals surface area contributed by atoms with Crippen LogP contribution in [0.25, 0.3) is 11.3 Å². The topological polar surface area (TPSA) is 50.2 Å². The van der Waals surface area contributed by atoms with Crippen LogP contribution < -0.4 is 0 Å². The van der Waals surface area contributed by atoms with Gasteiger partial charge in [-0.3, -0.25) is 4.79 Å². The smallest absolute Gasteiger partial charge is 0.313 e. The van der Waals surface area contributed by atoms with Gasteiger partial charge in [-0.25, -0.2) is 4.98 Å². The second kappa shape index (κ2) is 4.57. The Morgan fingerprint density at radius 1 is 1.56 bits per heavy atom. The summed E-state index contributed by atoms with van der Waals surface area (Å²) in [7, 11) is 0.